The number of piperidine rings is 1. The fourth-order valence-electron chi connectivity index (χ4n) is 3.16. The fourth-order valence-corrected chi connectivity index (χ4v) is 3.16. The van der Waals surface area contributed by atoms with Crippen LogP contribution in [0.3, 0.4) is 0 Å². The van der Waals surface area contributed by atoms with Crippen molar-refractivity contribution in [2.45, 2.75) is 25.7 Å². The molecule has 0 aromatic heterocycles. The number of nitrogens with one attached hydrogen (secondary N) is 2. The summed E-state index contributed by atoms with van der Waals surface area (Å²) >= 11 is 0. The molecule has 0 spiro atoms. The largest absolute Gasteiger partial charge is 0.339 e. The van der Waals surface area contributed by atoms with Crippen molar-refractivity contribution in [1.29, 1.82) is 0 Å². The topological polar surface area (TPSA) is 61.4 Å². The van der Waals surface area contributed by atoms with E-state index in [0.29, 0.717) is 17.8 Å². The van der Waals surface area contributed by atoms with Crippen molar-refractivity contribution in [2.75, 3.05) is 31.5 Å². The molecule has 1 aromatic carbocycles. The van der Waals surface area contributed by atoms with E-state index in [-0.39, 0.29) is 17.7 Å². The van der Waals surface area contributed by atoms with E-state index in [1.54, 1.807) is 6.07 Å². The number of benzene rings is 1. The second-order valence-corrected chi connectivity index (χ2v) is 6.08. The van der Waals surface area contributed by atoms with Crippen LogP contribution in [0.1, 0.15) is 36.0 Å². The van der Waals surface area contributed by atoms with Crippen molar-refractivity contribution in [1.82, 2.24) is 10.2 Å². The Hall–Kier alpha value is -1.88. The quantitative estimate of drug-likeness (QED) is 0.896. The standard InChI is InChI=1S/C17H23N3O2/c21-16(13-8-9-18-12-13)19-15-7-3-2-6-14(15)17(22)20-10-4-1-5-11-20/h2-3,6-7,13,18H,1,4-5,8-12H2,(H,19,21). The van der Waals surface area contributed by atoms with Gasteiger partial charge in [-0.2, -0.15) is 0 Å². The first-order valence-corrected chi connectivity index (χ1v) is 8.15. The van der Waals surface area contributed by atoms with Crippen LogP contribution >= 0.6 is 0 Å². The van der Waals surface area contributed by atoms with Crippen LogP contribution in [0, 0.1) is 5.92 Å². The third-order valence-corrected chi connectivity index (χ3v) is 4.49. The Morgan fingerprint density at radius 2 is 1.91 bits per heavy atom. The van der Waals surface area contributed by atoms with E-state index >= 15 is 0 Å². The number of rotatable bonds is 3. The SMILES string of the molecule is O=C(Nc1ccccc1C(=O)N1CCCCC1)C1CCNC1. The van der Waals surface area contributed by atoms with Gasteiger partial charge < -0.3 is 15.5 Å². The lowest BCUT2D eigenvalue weighted by Gasteiger charge is -2.27. The zero-order valence-electron chi connectivity index (χ0n) is 12.8. The third kappa shape index (κ3) is 3.30. The maximum Gasteiger partial charge on any atom is 0.255 e. The molecular weight excluding hydrogens is 278 g/mol. The highest BCUT2D eigenvalue weighted by atomic mass is 16.2. The van der Waals surface area contributed by atoms with Gasteiger partial charge in [-0.25, -0.2) is 0 Å². The molecule has 5 heteroatoms. The lowest BCUT2D eigenvalue weighted by molar-refractivity contribution is -0.119. The van der Waals surface area contributed by atoms with Crippen LogP contribution in [0.15, 0.2) is 24.3 Å². The average Bonchev–Trinajstić information content (AvgIpc) is 3.10. The lowest BCUT2D eigenvalue weighted by Crippen LogP contribution is -2.36. The lowest BCUT2D eigenvalue weighted by atomic mass is 10.1. The van der Waals surface area contributed by atoms with E-state index < -0.39 is 0 Å². The molecular formula is C17H23N3O2. The molecule has 2 heterocycles. The summed E-state index contributed by atoms with van der Waals surface area (Å²) in [6.45, 7) is 3.22. The van der Waals surface area contributed by atoms with Gasteiger partial charge in [-0.3, -0.25) is 9.59 Å². The van der Waals surface area contributed by atoms with Crippen molar-refractivity contribution >= 4 is 17.5 Å². The fraction of sp³-hybridized carbons (Fsp3) is 0.529. The first-order valence-electron chi connectivity index (χ1n) is 8.15. The molecule has 0 bridgehead atoms. The van der Waals surface area contributed by atoms with Crippen LogP contribution in [0.25, 0.3) is 0 Å². The second-order valence-electron chi connectivity index (χ2n) is 6.08. The number of para-hydroxylation sites is 1. The molecule has 3 rings (SSSR count). The van der Waals surface area contributed by atoms with E-state index in [2.05, 4.69) is 10.6 Å². The number of anilines is 1. The Morgan fingerprint density at radius 1 is 1.14 bits per heavy atom. The highest BCUT2D eigenvalue weighted by Gasteiger charge is 2.25. The van der Waals surface area contributed by atoms with Crippen LogP contribution in [-0.4, -0.2) is 42.9 Å². The van der Waals surface area contributed by atoms with E-state index in [1.165, 1.54) is 6.42 Å². The molecule has 2 aliphatic rings. The van der Waals surface area contributed by atoms with Gasteiger partial charge in [-0.05, 0) is 44.4 Å². The summed E-state index contributed by atoms with van der Waals surface area (Å²) in [4.78, 5) is 26.9. The monoisotopic (exact) mass is 301 g/mol. The molecule has 2 saturated heterocycles. The van der Waals surface area contributed by atoms with Crippen molar-refractivity contribution in [3.8, 4) is 0 Å². The average molecular weight is 301 g/mol. The Labute approximate surface area is 131 Å². The van der Waals surface area contributed by atoms with Crippen LogP contribution in [0.4, 0.5) is 5.69 Å². The van der Waals surface area contributed by atoms with Gasteiger partial charge in [0, 0.05) is 19.6 Å². The number of hydrogen-bond donors (Lipinski definition) is 2. The predicted molar refractivity (Wildman–Crippen MR) is 85.8 cm³/mol. The van der Waals surface area contributed by atoms with Crippen LogP contribution < -0.4 is 10.6 Å². The normalized spacial score (nSPS) is 21.6. The molecule has 22 heavy (non-hydrogen) atoms. The summed E-state index contributed by atoms with van der Waals surface area (Å²) in [7, 11) is 0. The van der Waals surface area contributed by atoms with Crippen molar-refractivity contribution < 1.29 is 9.59 Å². The minimum absolute atomic E-state index is 0.00172. The van der Waals surface area contributed by atoms with E-state index in [1.807, 2.05) is 23.1 Å². The molecule has 0 radical (unpaired) electrons. The maximum atomic E-state index is 12.7. The van der Waals surface area contributed by atoms with Gasteiger partial charge in [0.05, 0.1) is 17.2 Å². The summed E-state index contributed by atoms with van der Waals surface area (Å²) in [5.74, 6) is 0.0298. The summed E-state index contributed by atoms with van der Waals surface area (Å²) in [6, 6.07) is 7.33. The van der Waals surface area contributed by atoms with Crippen molar-refractivity contribution in [3.05, 3.63) is 29.8 Å². The van der Waals surface area contributed by atoms with Gasteiger partial charge in [0.1, 0.15) is 0 Å². The number of carbonyl (C=O) groups excluding carboxylic acids is 2. The molecule has 2 fully saturated rings. The zero-order valence-corrected chi connectivity index (χ0v) is 12.8. The molecule has 2 N–H and O–H groups in total. The van der Waals surface area contributed by atoms with Crippen molar-refractivity contribution in [3.63, 3.8) is 0 Å². The summed E-state index contributed by atoms with van der Waals surface area (Å²) in [6.07, 6.45) is 4.17. The maximum absolute atomic E-state index is 12.7. The molecule has 0 aliphatic carbocycles. The summed E-state index contributed by atoms with van der Waals surface area (Å²) in [5, 5.41) is 6.14. The Morgan fingerprint density at radius 3 is 2.64 bits per heavy atom. The van der Waals surface area contributed by atoms with Crippen molar-refractivity contribution in [2.24, 2.45) is 5.92 Å². The van der Waals surface area contributed by atoms with Gasteiger partial charge in [0.15, 0.2) is 0 Å². The first kappa shape index (κ1) is 15.0. The van der Waals surface area contributed by atoms with Crippen LogP contribution in [0.2, 0.25) is 0 Å². The summed E-state index contributed by atoms with van der Waals surface area (Å²) < 4.78 is 0. The number of carbonyl (C=O) groups is 2. The molecule has 1 aromatic rings. The zero-order chi connectivity index (χ0) is 15.4. The van der Waals surface area contributed by atoms with Gasteiger partial charge in [0.2, 0.25) is 5.91 Å². The van der Waals surface area contributed by atoms with Crippen LogP contribution in [0.5, 0.6) is 0 Å². The molecule has 1 atom stereocenters. The van der Waals surface area contributed by atoms with Crippen LogP contribution in [-0.2, 0) is 4.79 Å². The molecule has 2 aliphatic heterocycles. The minimum Gasteiger partial charge on any atom is -0.339 e. The highest BCUT2D eigenvalue weighted by molar-refractivity contribution is 6.04. The Balaban J connectivity index is 1.74. The smallest absolute Gasteiger partial charge is 0.255 e. The van der Waals surface area contributed by atoms with Gasteiger partial charge in [-0.1, -0.05) is 12.1 Å². The van der Waals surface area contributed by atoms with Gasteiger partial charge in [0.25, 0.3) is 5.91 Å². The number of likely N-dealkylation sites (tertiary alicyclic amines) is 1. The molecule has 118 valence electrons. The van der Waals surface area contributed by atoms with Gasteiger partial charge in [-0.15, -0.1) is 0 Å². The molecule has 1 unspecified atom stereocenters. The third-order valence-electron chi connectivity index (χ3n) is 4.49. The minimum atomic E-state index is -0.00172. The molecule has 5 nitrogen and oxygen atoms in total. The molecule has 0 saturated carbocycles. The van der Waals surface area contributed by atoms with E-state index in [4.69, 9.17) is 0 Å². The van der Waals surface area contributed by atoms with E-state index in [9.17, 15) is 9.59 Å². The molecule has 2 amide bonds. The highest BCUT2D eigenvalue weighted by Crippen LogP contribution is 2.21. The predicted octanol–water partition coefficient (Wildman–Crippen LogP) is 1.86. The Kier molecular flexibility index (Phi) is 4.73. The number of nitrogens with zero attached hydrogens (tertiary/aromatic N) is 1. The second kappa shape index (κ2) is 6.92. The number of hydrogen-bond acceptors (Lipinski definition) is 3. The first-order chi connectivity index (χ1) is 10.8. The number of amides is 2. The summed E-state index contributed by atoms with van der Waals surface area (Å²) in [5.41, 5.74) is 1.23. The Bertz CT molecular complexity index is 547. The van der Waals surface area contributed by atoms with E-state index in [0.717, 1.165) is 38.9 Å². The van der Waals surface area contributed by atoms with Gasteiger partial charge >= 0.3 is 0 Å².